The molecule has 118 valence electrons. The Morgan fingerprint density at radius 3 is 2.00 bits per heavy atom. The smallest absolute Gasteiger partial charge is 0.313 e. The maximum absolute atomic E-state index is 11.6. The molecule has 0 spiro atoms. The summed E-state index contributed by atoms with van der Waals surface area (Å²) in [5.41, 5.74) is 0. The Balaban J connectivity index is 3.38. The van der Waals surface area contributed by atoms with Gasteiger partial charge in [0.25, 0.3) is 0 Å². The van der Waals surface area contributed by atoms with Crippen LogP contribution in [0.4, 0.5) is 0 Å². The van der Waals surface area contributed by atoms with Crippen LogP contribution < -0.4 is 0 Å². The standard InChI is InChI=1S/C17H32O3/c1-4-5-6-7-8-9-10-11-12-16(18)13-17(19)20-14-15(2)3/h15H,4-14H2,1-3H3. The largest absolute Gasteiger partial charge is 0.465 e. The number of hydrogen-bond donors (Lipinski definition) is 0. The predicted octanol–water partition coefficient (Wildman–Crippen LogP) is 4.68. The van der Waals surface area contributed by atoms with Gasteiger partial charge in [0.05, 0.1) is 6.61 Å². The zero-order chi connectivity index (χ0) is 15.2. The molecule has 0 aromatic rings. The van der Waals surface area contributed by atoms with E-state index in [1.54, 1.807) is 0 Å². The number of esters is 1. The van der Waals surface area contributed by atoms with Crippen molar-refractivity contribution in [2.24, 2.45) is 5.92 Å². The molecular weight excluding hydrogens is 252 g/mol. The van der Waals surface area contributed by atoms with Crippen LogP contribution in [0.1, 0.15) is 85.0 Å². The molecule has 0 N–H and O–H groups in total. The molecule has 0 saturated heterocycles. The minimum atomic E-state index is -0.372. The molecule has 0 radical (unpaired) electrons. The van der Waals surface area contributed by atoms with Gasteiger partial charge in [-0.25, -0.2) is 0 Å². The molecule has 0 fully saturated rings. The molecule has 0 aliphatic heterocycles. The summed E-state index contributed by atoms with van der Waals surface area (Å²) in [5, 5.41) is 0. The quantitative estimate of drug-likeness (QED) is 0.280. The molecule has 20 heavy (non-hydrogen) atoms. The summed E-state index contributed by atoms with van der Waals surface area (Å²) in [6.07, 6.45) is 10.2. The highest BCUT2D eigenvalue weighted by Crippen LogP contribution is 2.10. The van der Waals surface area contributed by atoms with Crippen LogP contribution in [0, 0.1) is 5.92 Å². The van der Waals surface area contributed by atoms with Crippen molar-refractivity contribution in [2.45, 2.75) is 85.0 Å². The fraction of sp³-hybridized carbons (Fsp3) is 0.882. The van der Waals surface area contributed by atoms with Crippen molar-refractivity contribution in [1.82, 2.24) is 0 Å². The zero-order valence-corrected chi connectivity index (χ0v) is 13.6. The number of ether oxygens (including phenoxy) is 1. The van der Waals surface area contributed by atoms with Crippen molar-refractivity contribution < 1.29 is 14.3 Å². The molecular formula is C17H32O3. The molecule has 0 aliphatic carbocycles. The first-order valence-corrected chi connectivity index (χ1v) is 8.23. The lowest BCUT2D eigenvalue weighted by molar-refractivity contribution is -0.147. The average molecular weight is 284 g/mol. The van der Waals surface area contributed by atoms with Crippen molar-refractivity contribution in [2.75, 3.05) is 6.61 Å². The predicted molar refractivity (Wildman–Crippen MR) is 82.6 cm³/mol. The number of ketones is 1. The van der Waals surface area contributed by atoms with Gasteiger partial charge in [-0.3, -0.25) is 9.59 Å². The van der Waals surface area contributed by atoms with Crippen molar-refractivity contribution in [3.05, 3.63) is 0 Å². The summed E-state index contributed by atoms with van der Waals surface area (Å²) < 4.78 is 5.00. The van der Waals surface area contributed by atoms with E-state index in [1.807, 2.05) is 13.8 Å². The summed E-state index contributed by atoms with van der Waals surface area (Å²) in [4.78, 5) is 22.9. The minimum absolute atomic E-state index is 0.0183. The number of carbonyl (C=O) groups is 2. The molecule has 0 bridgehead atoms. The van der Waals surface area contributed by atoms with E-state index >= 15 is 0 Å². The van der Waals surface area contributed by atoms with Crippen LogP contribution in [0.3, 0.4) is 0 Å². The average Bonchev–Trinajstić information content (AvgIpc) is 2.39. The van der Waals surface area contributed by atoms with Gasteiger partial charge in [-0.05, 0) is 12.3 Å². The third-order valence-corrected chi connectivity index (χ3v) is 3.23. The van der Waals surface area contributed by atoms with Gasteiger partial charge in [0, 0.05) is 6.42 Å². The number of carbonyl (C=O) groups excluding carboxylic acids is 2. The molecule has 0 aliphatic rings. The van der Waals surface area contributed by atoms with Crippen LogP contribution >= 0.6 is 0 Å². The topological polar surface area (TPSA) is 43.4 Å². The number of unbranched alkanes of at least 4 members (excludes halogenated alkanes) is 7. The van der Waals surface area contributed by atoms with E-state index in [0.29, 0.717) is 18.9 Å². The molecule has 0 unspecified atom stereocenters. The van der Waals surface area contributed by atoms with Gasteiger partial charge in [0.1, 0.15) is 12.2 Å². The molecule has 0 aromatic carbocycles. The van der Waals surface area contributed by atoms with Gasteiger partial charge >= 0.3 is 5.97 Å². The van der Waals surface area contributed by atoms with Crippen molar-refractivity contribution >= 4 is 11.8 Å². The molecule has 0 rings (SSSR count). The summed E-state index contributed by atoms with van der Waals surface area (Å²) in [7, 11) is 0. The Morgan fingerprint density at radius 2 is 1.45 bits per heavy atom. The van der Waals surface area contributed by atoms with E-state index < -0.39 is 0 Å². The van der Waals surface area contributed by atoms with Gasteiger partial charge in [0.2, 0.25) is 0 Å². The Labute approximate surface area is 124 Å². The second-order valence-electron chi connectivity index (χ2n) is 6.02. The molecule has 3 heteroatoms. The van der Waals surface area contributed by atoms with E-state index in [0.717, 1.165) is 12.8 Å². The lowest BCUT2D eigenvalue weighted by atomic mass is 10.1. The van der Waals surface area contributed by atoms with Gasteiger partial charge in [0.15, 0.2) is 0 Å². The third-order valence-electron chi connectivity index (χ3n) is 3.23. The Bertz CT molecular complexity index is 259. The lowest BCUT2D eigenvalue weighted by Gasteiger charge is -2.06. The summed E-state index contributed by atoms with van der Waals surface area (Å²) in [6, 6.07) is 0. The summed E-state index contributed by atoms with van der Waals surface area (Å²) in [6.45, 7) is 6.59. The molecule has 0 amide bonds. The Hall–Kier alpha value is -0.860. The Kier molecular flexibility index (Phi) is 12.6. The normalized spacial score (nSPS) is 10.8. The molecule has 0 saturated carbocycles. The number of rotatable bonds is 13. The number of hydrogen-bond acceptors (Lipinski definition) is 3. The molecule has 3 nitrogen and oxygen atoms in total. The first kappa shape index (κ1) is 19.1. The highest BCUT2D eigenvalue weighted by atomic mass is 16.5. The first-order valence-electron chi connectivity index (χ1n) is 8.23. The summed E-state index contributed by atoms with van der Waals surface area (Å²) >= 11 is 0. The first-order chi connectivity index (χ1) is 9.56. The second kappa shape index (κ2) is 13.1. The van der Waals surface area contributed by atoms with Crippen LogP contribution in [-0.4, -0.2) is 18.4 Å². The van der Waals surface area contributed by atoms with Crippen LogP contribution in [0.2, 0.25) is 0 Å². The van der Waals surface area contributed by atoms with E-state index in [-0.39, 0.29) is 18.2 Å². The SMILES string of the molecule is CCCCCCCCCCC(=O)CC(=O)OCC(C)C. The maximum atomic E-state index is 11.6. The molecule has 0 atom stereocenters. The van der Waals surface area contributed by atoms with Crippen LogP contribution in [0.25, 0.3) is 0 Å². The molecule has 0 heterocycles. The van der Waals surface area contributed by atoms with Crippen LogP contribution in [0.15, 0.2) is 0 Å². The number of Topliss-reactive ketones (excluding diaryl/α,β-unsaturated/α-hetero) is 1. The van der Waals surface area contributed by atoms with Crippen LogP contribution in [0.5, 0.6) is 0 Å². The van der Waals surface area contributed by atoms with Crippen LogP contribution in [-0.2, 0) is 14.3 Å². The van der Waals surface area contributed by atoms with E-state index in [2.05, 4.69) is 6.92 Å². The third kappa shape index (κ3) is 13.6. The van der Waals surface area contributed by atoms with Gasteiger partial charge in [-0.2, -0.15) is 0 Å². The van der Waals surface area contributed by atoms with Crippen molar-refractivity contribution in [3.8, 4) is 0 Å². The molecule has 0 aromatic heterocycles. The van der Waals surface area contributed by atoms with Gasteiger partial charge in [-0.1, -0.05) is 65.7 Å². The van der Waals surface area contributed by atoms with E-state index in [9.17, 15) is 9.59 Å². The van der Waals surface area contributed by atoms with E-state index in [4.69, 9.17) is 4.74 Å². The van der Waals surface area contributed by atoms with Gasteiger partial charge in [-0.15, -0.1) is 0 Å². The fourth-order valence-corrected chi connectivity index (χ4v) is 2.02. The van der Waals surface area contributed by atoms with E-state index in [1.165, 1.54) is 38.5 Å². The van der Waals surface area contributed by atoms with Crippen molar-refractivity contribution in [3.63, 3.8) is 0 Å². The minimum Gasteiger partial charge on any atom is -0.465 e. The van der Waals surface area contributed by atoms with Crippen molar-refractivity contribution in [1.29, 1.82) is 0 Å². The zero-order valence-electron chi connectivity index (χ0n) is 13.6. The fourth-order valence-electron chi connectivity index (χ4n) is 2.02. The maximum Gasteiger partial charge on any atom is 0.313 e. The van der Waals surface area contributed by atoms with Gasteiger partial charge < -0.3 is 4.74 Å². The highest BCUT2D eigenvalue weighted by molar-refractivity contribution is 5.95. The Morgan fingerprint density at radius 1 is 0.900 bits per heavy atom. The highest BCUT2D eigenvalue weighted by Gasteiger charge is 2.10. The lowest BCUT2D eigenvalue weighted by Crippen LogP contribution is -2.14. The second-order valence-corrected chi connectivity index (χ2v) is 6.02. The monoisotopic (exact) mass is 284 g/mol. The summed E-state index contributed by atoms with van der Waals surface area (Å²) in [5.74, 6) is -0.0326.